The molecule has 0 aliphatic rings. The van der Waals surface area contributed by atoms with Crippen molar-refractivity contribution < 1.29 is 4.74 Å². The lowest BCUT2D eigenvalue weighted by Gasteiger charge is -2.27. The van der Waals surface area contributed by atoms with Gasteiger partial charge in [0, 0.05) is 18.8 Å². The van der Waals surface area contributed by atoms with Gasteiger partial charge in [-0.3, -0.25) is 0 Å². The fraction of sp³-hybridized carbons (Fsp3) is 0.667. The molecule has 0 fully saturated rings. The second-order valence-electron chi connectivity index (χ2n) is 5.07. The van der Waals surface area contributed by atoms with E-state index in [1.165, 1.54) is 0 Å². The lowest BCUT2D eigenvalue weighted by molar-refractivity contribution is 0.274. The average molecular weight is 223 g/mol. The first-order chi connectivity index (χ1) is 7.43. The molecule has 1 heterocycles. The van der Waals surface area contributed by atoms with Crippen LogP contribution in [0.3, 0.4) is 0 Å². The Labute approximate surface area is 97.5 Å². The fourth-order valence-electron chi connectivity index (χ4n) is 1.09. The van der Waals surface area contributed by atoms with Crippen molar-refractivity contribution >= 4 is 5.95 Å². The number of hydrogen-bond acceptors (Lipinski definition) is 4. The lowest BCUT2D eigenvalue weighted by atomic mass is 9.82. The Kier molecular flexibility index (Phi) is 4.10. The summed E-state index contributed by atoms with van der Waals surface area (Å²) in [6, 6.07) is 1.73. The maximum Gasteiger partial charge on any atom is 0.225 e. The largest absolute Gasteiger partial charge is 0.481 e. The highest BCUT2D eigenvalue weighted by Gasteiger charge is 2.19. The molecule has 16 heavy (non-hydrogen) atoms. The van der Waals surface area contributed by atoms with Gasteiger partial charge in [0.1, 0.15) is 0 Å². The molecule has 0 bridgehead atoms. The van der Waals surface area contributed by atoms with Gasteiger partial charge in [-0.2, -0.15) is 4.98 Å². The second kappa shape index (κ2) is 5.14. The van der Waals surface area contributed by atoms with Gasteiger partial charge in [0.05, 0.1) is 7.11 Å². The molecule has 0 aliphatic heterocycles. The maximum absolute atomic E-state index is 5.04. The Bertz CT molecular complexity index is 333. The van der Waals surface area contributed by atoms with Crippen LogP contribution in [0.15, 0.2) is 12.3 Å². The predicted molar refractivity (Wildman–Crippen MR) is 65.7 cm³/mol. The molecule has 4 nitrogen and oxygen atoms in total. The number of nitrogens with zero attached hydrogens (tertiary/aromatic N) is 2. The van der Waals surface area contributed by atoms with Crippen molar-refractivity contribution in [1.29, 1.82) is 0 Å². The van der Waals surface area contributed by atoms with Crippen molar-refractivity contribution in [3.05, 3.63) is 12.3 Å². The van der Waals surface area contributed by atoms with Gasteiger partial charge in [0.2, 0.25) is 11.8 Å². The molecule has 0 aromatic carbocycles. The first-order valence-corrected chi connectivity index (χ1v) is 5.54. The highest BCUT2D eigenvalue weighted by Crippen LogP contribution is 2.25. The third-order valence-electron chi connectivity index (χ3n) is 2.88. The number of ether oxygens (including phenoxy) is 1. The van der Waals surface area contributed by atoms with E-state index < -0.39 is 0 Å². The van der Waals surface area contributed by atoms with Gasteiger partial charge in [0.15, 0.2) is 0 Å². The number of aromatic nitrogens is 2. The molecular weight excluding hydrogens is 202 g/mol. The summed E-state index contributed by atoms with van der Waals surface area (Å²) in [5.74, 6) is 1.75. The van der Waals surface area contributed by atoms with E-state index in [1.807, 2.05) is 0 Å². The second-order valence-corrected chi connectivity index (χ2v) is 5.07. The average Bonchev–Trinajstić information content (AvgIpc) is 2.25. The summed E-state index contributed by atoms with van der Waals surface area (Å²) in [7, 11) is 1.60. The van der Waals surface area contributed by atoms with Gasteiger partial charge < -0.3 is 10.1 Å². The lowest BCUT2D eigenvalue weighted by Crippen LogP contribution is -2.25. The molecule has 1 N–H and O–H groups in total. The predicted octanol–water partition coefficient (Wildman–Crippen LogP) is 2.58. The van der Waals surface area contributed by atoms with Crippen LogP contribution in [-0.4, -0.2) is 23.6 Å². The molecule has 90 valence electrons. The normalized spacial score (nSPS) is 13.3. The fourth-order valence-corrected chi connectivity index (χ4v) is 1.09. The molecule has 1 atom stereocenters. The van der Waals surface area contributed by atoms with Crippen LogP contribution in [-0.2, 0) is 0 Å². The van der Waals surface area contributed by atoms with Crippen LogP contribution in [0, 0.1) is 11.3 Å². The Morgan fingerprint density at radius 3 is 2.69 bits per heavy atom. The highest BCUT2D eigenvalue weighted by molar-refractivity contribution is 5.27. The molecule has 0 radical (unpaired) electrons. The van der Waals surface area contributed by atoms with Crippen molar-refractivity contribution in [2.24, 2.45) is 11.3 Å². The number of anilines is 1. The van der Waals surface area contributed by atoms with E-state index in [1.54, 1.807) is 19.4 Å². The standard InChI is InChI=1S/C12H21N3O/c1-9(12(2,3)4)8-14-11-13-7-6-10(15-11)16-5/h6-7,9H,8H2,1-5H3,(H,13,14,15). The monoisotopic (exact) mass is 223 g/mol. The van der Waals surface area contributed by atoms with Gasteiger partial charge >= 0.3 is 0 Å². The summed E-state index contributed by atoms with van der Waals surface area (Å²) < 4.78 is 5.04. The Hall–Kier alpha value is -1.32. The summed E-state index contributed by atoms with van der Waals surface area (Å²) in [5, 5.41) is 3.22. The summed E-state index contributed by atoms with van der Waals surface area (Å²) in [4.78, 5) is 8.34. The third-order valence-corrected chi connectivity index (χ3v) is 2.88. The zero-order chi connectivity index (χ0) is 12.2. The third kappa shape index (κ3) is 3.68. The van der Waals surface area contributed by atoms with Gasteiger partial charge in [0.25, 0.3) is 0 Å². The maximum atomic E-state index is 5.04. The van der Waals surface area contributed by atoms with Gasteiger partial charge in [-0.1, -0.05) is 27.7 Å². The summed E-state index contributed by atoms with van der Waals surface area (Å²) in [5.41, 5.74) is 0.284. The van der Waals surface area contributed by atoms with Crippen LogP contribution >= 0.6 is 0 Å². The molecule has 1 aromatic rings. The topological polar surface area (TPSA) is 47.0 Å². The minimum absolute atomic E-state index is 0.284. The molecule has 0 aliphatic carbocycles. The van der Waals surface area contributed by atoms with Crippen LogP contribution in [0.2, 0.25) is 0 Å². The van der Waals surface area contributed by atoms with Gasteiger partial charge in [-0.25, -0.2) is 4.98 Å². The number of nitrogens with one attached hydrogen (secondary N) is 1. The minimum atomic E-state index is 0.284. The summed E-state index contributed by atoms with van der Waals surface area (Å²) in [6.45, 7) is 9.76. The van der Waals surface area contributed by atoms with E-state index in [2.05, 4.69) is 43.0 Å². The minimum Gasteiger partial charge on any atom is -0.481 e. The molecule has 1 aromatic heterocycles. The SMILES string of the molecule is COc1ccnc(NCC(C)C(C)(C)C)n1. The van der Waals surface area contributed by atoms with E-state index in [0.29, 0.717) is 17.7 Å². The van der Waals surface area contributed by atoms with Crippen molar-refractivity contribution in [2.75, 3.05) is 19.0 Å². The zero-order valence-electron chi connectivity index (χ0n) is 10.7. The molecule has 1 rings (SSSR count). The van der Waals surface area contributed by atoms with Crippen LogP contribution in [0.25, 0.3) is 0 Å². The molecule has 0 saturated heterocycles. The Morgan fingerprint density at radius 1 is 1.44 bits per heavy atom. The molecule has 1 unspecified atom stereocenters. The summed E-state index contributed by atoms with van der Waals surface area (Å²) >= 11 is 0. The number of methoxy groups -OCH3 is 1. The molecule has 0 spiro atoms. The van der Waals surface area contributed by atoms with Gasteiger partial charge in [-0.15, -0.1) is 0 Å². The Balaban J connectivity index is 2.54. The first kappa shape index (κ1) is 12.7. The van der Waals surface area contributed by atoms with E-state index in [-0.39, 0.29) is 5.41 Å². The molecular formula is C12H21N3O. The van der Waals surface area contributed by atoms with Crippen LogP contribution < -0.4 is 10.1 Å². The van der Waals surface area contributed by atoms with E-state index >= 15 is 0 Å². The van der Waals surface area contributed by atoms with E-state index in [4.69, 9.17) is 4.74 Å². The molecule has 4 heteroatoms. The van der Waals surface area contributed by atoms with Crippen molar-refractivity contribution in [3.63, 3.8) is 0 Å². The smallest absolute Gasteiger partial charge is 0.225 e. The van der Waals surface area contributed by atoms with E-state index in [0.717, 1.165) is 6.54 Å². The first-order valence-electron chi connectivity index (χ1n) is 5.54. The quantitative estimate of drug-likeness (QED) is 0.852. The van der Waals surface area contributed by atoms with E-state index in [9.17, 15) is 0 Å². The zero-order valence-corrected chi connectivity index (χ0v) is 10.7. The molecule has 0 saturated carbocycles. The Morgan fingerprint density at radius 2 is 2.12 bits per heavy atom. The van der Waals surface area contributed by atoms with Crippen molar-refractivity contribution in [2.45, 2.75) is 27.7 Å². The van der Waals surface area contributed by atoms with Gasteiger partial charge in [-0.05, 0) is 11.3 Å². The summed E-state index contributed by atoms with van der Waals surface area (Å²) in [6.07, 6.45) is 1.69. The van der Waals surface area contributed by atoms with Crippen molar-refractivity contribution in [1.82, 2.24) is 9.97 Å². The van der Waals surface area contributed by atoms with Crippen LogP contribution in [0.4, 0.5) is 5.95 Å². The highest BCUT2D eigenvalue weighted by atomic mass is 16.5. The van der Waals surface area contributed by atoms with Crippen molar-refractivity contribution in [3.8, 4) is 5.88 Å². The number of hydrogen-bond donors (Lipinski definition) is 1. The van der Waals surface area contributed by atoms with Crippen LogP contribution in [0.5, 0.6) is 5.88 Å². The van der Waals surface area contributed by atoms with Crippen LogP contribution in [0.1, 0.15) is 27.7 Å². The molecule has 0 amide bonds. The number of rotatable bonds is 4.